The number of amides is 3. The van der Waals surface area contributed by atoms with Crippen molar-refractivity contribution in [2.24, 2.45) is 0 Å². The standard InChI is InChI=1S/C28H39N3O5/c1-17-11-10-12-18(2)22(17)30-24(33)23(20-13-15-21(32)16-14-20)31(27(4,5)6)25(34)19(3)29-26(35)36-28(7,8)9/h10-16,19,23,32H,1-9H3,(H,29,35)(H,30,33). The number of nitrogens with zero attached hydrogens (tertiary/aromatic N) is 1. The molecule has 0 aromatic heterocycles. The van der Waals surface area contributed by atoms with Crippen molar-refractivity contribution in [2.75, 3.05) is 5.32 Å². The van der Waals surface area contributed by atoms with Gasteiger partial charge in [0.1, 0.15) is 23.4 Å². The quantitative estimate of drug-likeness (QED) is 0.507. The fourth-order valence-corrected chi connectivity index (χ4v) is 3.88. The van der Waals surface area contributed by atoms with Crippen molar-refractivity contribution < 1.29 is 24.2 Å². The number of phenolic OH excluding ortho intramolecular Hbond substituents is 1. The Morgan fingerprint density at radius 2 is 1.44 bits per heavy atom. The molecule has 36 heavy (non-hydrogen) atoms. The lowest BCUT2D eigenvalue weighted by Gasteiger charge is -2.42. The largest absolute Gasteiger partial charge is 0.508 e. The van der Waals surface area contributed by atoms with Crippen molar-refractivity contribution in [2.45, 2.75) is 85.5 Å². The molecular formula is C28H39N3O5. The van der Waals surface area contributed by atoms with Crippen molar-refractivity contribution in [3.8, 4) is 5.75 Å². The lowest BCUT2D eigenvalue weighted by atomic mass is 9.95. The van der Waals surface area contributed by atoms with Crippen LogP contribution in [0, 0.1) is 13.8 Å². The van der Waals surface area contributed by atoms with Crippen LogP contribution in [0.4, 0.5) is 10.5 Å². The molecule has 0 saturated carbocycles. The van der Waals surface area contributed by atoms with Crippen LogP contribution in [0.1, 0.15) is 71.2 Å². The van der Waals surface area contributed by atoms with Gasteiger partial charge in [-0.2, -0.15) is 0 Å². The van der Waals surface area contributed by atoms with Crippen molar-refractivity contribution in [1.29, 1.82) is 0 Å². The summed E-state index contributed by atoms with van der Waals surface area (Å²) < 4.78 is 5.31. The van der Waals surface area contributed by atoms with Crippen LogP contribution in [0.25, 0.3) is 0 Å². The van der Waals surface area contributed by atoms with Crippen molar-refractivity contribution >= 4 is 23.6 Å². The van der Waals surface area contributed by atoms with Crippen LogP contribution in [-0.4, -0.2) is 45.1 Å². The Kier molecular flexibility index (Phi) is 8.78. The second kappa shape index (κ2) is 11.0. The molecule has 0 aliphatic heterocycles. The van der Waals surface area contributed by atoms with E-state index >= 15 is 0 Å². The molecule has 196 valence electrons. The third-order valence-corrected chi connectivity index (χ3v) is 5.51. The normalized spacial score (nSPS) is 13.4. The van der Waals surface area contributed by atoms with Gasteiger partial charge in [-0.3, -0.25) is 9.59 Å². The number of alkyl carbamates (subject to hydrolysis) is 1. The van der Waals surface area contributed by atoms with E-state index in [1.54, 1.807) is 39.8 Å². The van der Waals surface area contributed by atoms with E-state index in [4.69, 9.17) is 4.74 Å². The molecule has 0 fully saturated rings. The molecule has 0 spiro atoms. The van der Waals surface area contributed by atoms with E-state index < -0.39 is 41.1 Å². The van der Waals surface area contributed by atoms with E-state index in [0.29, 0.717) is 11.3 Å². The fraction of sp³-hybridized carbons (Fsp3) is 0.464. The zero-order valence-electron chi connectivity index (χ0n) is 22.7. The molecule has 0 aliphatic rings. The predicted molar refractivity (Wildman–Crippen MR) is 141 cm³/mol. The van der Waals surface area contributed by atoms with Crippen LogP contribution in [0.2, 0.25) is 0 Å². The summed E-state index contributed by atoms with van der Waals surface area (Å²) in [6, 6.07) is 9.88. The molecule has 2 atom stereocenters. The van der Waals surface area contributed by atoms with Crippen LogP contribution in [0.15, 0.2) is 42.5 Å². The Bertz CT molecular complexity index is 1080. The number of carbonyl (C=O) groups is 3. The summed E-state index contributed by atoms with van der Waals surface area (Å²) >= 11 is 0. The molecule has 0 aliphatic carbocycles. The van der Waals surface area contributed by atoms with Crippen LogP contribution >= 0.6 is 0 Å². The van der Waals surface area contributed by atoms with Crippen LogP contribution < -0.4 is 10.6 Å². The van der Waals surface area contributed by atoms with Gasteiger partial charge in [-0.1, -0.05) is 30.3 Å². The number of benzene rings is 2. The molecule has 0 radical (unpaired) electrons. The molecule has 8 heteroatoms. The van der Waals surface area contributed by atoms with Gasteiger partial charge in [0.05, 0.1) is 0 Å². The van der Waals surface area contributed by atoms with Crippen LogP contribution in [0.5, 0.6) is 5.75 Å². The molecular weight excluding hydrogens is 458 g/mol. The number of para-hydroxylation sites is 1. The monoisotopic (exact) mass is 497 g/mol. The number of phenols is 1. The third-order valence-electron chi connectivity index (χ3n) is 5.51. The summed E-state index contributed by atoms with van der Waals surface area (Å²) in [7, 11) is 0. The van der Waals surface area contributed by atoms with Crippen molar-refractivity contribution in [3.05, 3.63) is 59.2 Å². The van der Waals surface area contributed by atoms with E-state index in [2.05, 4.69) is 10.6 Å². The molecule has 8 nitrogen and oxygen atoms in total. The molecule has 0 heterocycles. The van der Waals surface area contributed by atoms with Gasteiger partial charge >= 0.3 is 6.09 Å². The van der Waals surface area contributed by atoms with Crippen LogP contribution in [0.3, 0.4) is 0 Å². The number of aryl methyl sites for hydroxylation is 2. The second-order valence-corrected chi connectivity index (χ2v) is 11.0. The summed E-state index contributed by atoms with van der Waals surface area (Å²) in [4.78, 5) is 41.5. The molecule has 2 aromatic rings. The summed E-state index contributed by atoms with van der Waals surface area (Å²) in [6.45, 7) is 16.0. The Morgan fingerprint density at radius 1 is 0.917 bits per heavy atom. The van der Waals surface area contributed by atoms with E-state index in [9.17, 15) is 19.5 Å². The lowest BCUT2D eigenvalue weighted by Crippen LogP contribution is -2.57. The summed E-state index contributed by atoms with van der Waals surface area (Å²) in [5.74, 6) is -0.824. The molecule has 0 bridgehead atoms. The van der Waals surface area contributed by atoms with E-state index in [-0.39, 0.29) is 5.75 Å². The zero-order valence-corrected chi connectivity index (χ0v) is 22.7. The maximum absolute atomic E-state index is 13.8. The second-order valence-electron chi connectivity index (χ2n) is 11.0. The number of anilines is 1. The number of rotatable bonds is 6. The Labute approximate surface area is 214 Å². The molecule has 3 N–H and O–H groups in total. The van der Waals surface area contributed by atoms with Crippen molar-refractivity contribution in [3.63, 3.8) is 0 Å². The minimum atomic E-state index is -1.04. The molecule has 2 aromatic carbocycles. The average Bonchev–Trinajstić information content (AvgIpc) is 2.72. The Balaban J connectivity index is 2.52. The zero-order chi connectivity index (χ0) is 27.4. The summed E-state index contributed by atoms with van der Waals surface area (Å²) in [5, 5.41) is 15.4. The summed E-state index contributed by atoms with van der Waals surface area (Å²) in [5.41, 5.74) is 1.44. The molecule has 0 saturated heterocycles. The highest BCUT2D eigenvalue weighted by molar-refractivity contribution is 6.00. The number of nitrogens with one attached hydrogen (secondary N) is 2. The summed E-state index contributed by atoms with van der Waals surface area (Å²) in [6.07, 6.45) is -0.724. The Morgan fingerprint density at radius 3 is 1.92 bits per heavy atom. The van der Waals surface area contributed by atoms with Gasteiger partial charge in [0, 0.05) is 11.2 Å². The first-order valence-electron chi connectivity index (χ1n) is 12.0. The first-order valence-corrected chi connectivity index (χ1v) is 12.0. The number of aromatic hydroxyl groups is 1. The average molecular weight is 498 g/mol. The van der Waals surface area contributed by atoms with Gasteiger partial charge in [-0.15, -0.1) is 0 Å². The van der Waals surface area contributed by atoms with Crippen molar-refractivity contribution in [1.82, 2.24) is 10.2 Å². The van der Waals surface area contributed by atoms with E-state index in [0.717, 1.165) is 11.1 Å². The first-order chi connectivity index (χ1) is 16.5. The fourth-order valence-electron chi connectivity index (χ4n) is 3.88. The maximum Gasteiger partial charge on any atom is 0.408 e. The highest BCUT2D eigenvalue weighted by Crippen LogP contribution is 2.32. The first kappa shape index (κ1) is 28.7. The highest BCUT2D eigenvalue weighted by atomic mass is 16.6. The highest BCUT2D eigenvalue weighted by Gasteiger charge is 2.41. The number of carbonyl (C=O) groups excluding carboxylic acids is 3. The third kappa shape index (κ3) is 7.47. The van der Waals surface area contributed by atoms with E-state index in [1.807, 2.05) is 52.8 Å². The Hall–Kier alpha value is -3.55. The van der Waals surface area contributed by atoms with Crippen LogP contribution in [-0.2, 0) is 14.3 Å². The molecule has 2 unspecified atom stereocenters. The predicted octanol–water partition coefficient (Wildman–Crippen LogP) is 5.23. The lowest BCUT2D eigenvalue weighted by molar-refractivity contribution is -0.146. The number of ether oxygens (including phenoxy) is 1. The number of hydrogen-bond donors (Lipinski definition) is 3. The minimum absolute atomic E-state index is 0.0428. The number of hydrogen-bond acceptors (Lipinski definition) is 5. The van der Waals surface area contributed by atoms with E-state index in [1.165, 1.54) is 17.0 Å². The smallest absolute Gasteiger partial charge is 0.408 e. The minimum Gasteiger partial charge on any atom is -0.508 e. The SMILES string of the molecule is Cc1cccc(C)c1NC(=O)C(c1ccc(O)cc1)N(C(=O)C(C)NC(=O)OC(C)(C)C)C(C)(C)C. The maximum atomic E-state index is 13.8. The van der Waals surface area contributed by atoms with Gasteiger partial charge in [-0.05, 0) is 91.1 Å². The topological polar surface area (TPSA) is 108 Å². The van der Waals surface area contributed by atoms with Gasteiger partial charge < -0.3 is 25.4 Å². The molecule has 2 rings (SSSR count). The van der Waals surface area contributed by atoms with Gasteiger partial charge in [0.15, 0.2) is 0 Å². The molecule has 3 amide bonds. The van der Waals surface area contributed by atoms with Gasteiger partial charge in [0.25, 0.3) is 5.91 Å². The van der Waals surface area contributed by atoms with Gasteiger partial charge in [-0.25, -0.2) is 4.79 Å². The van der Waals surface area contributed by atoms with Gasteiger partial charge in [0.2, 0.25) is 5.91 Å².